The molecule has 2 fully saturated rings. The molecule has 2 amide bonds. The molecule has 2 heterocycles. The van der Waals surface area contributed by atoms with Crippen LogP contribution in [0.25, 0.3) is 0 Å². The molecular formula is C21H22ClN3O3. The topological polar surface area (TPSA) is 64.1 Å². The van der Waals surface area contributed by atoms with Crippen molar-refractivity contribution in [2.24, 2.45) is 0 Å². The molecule has 1 N–H and O–H groups in total. The molecule has 0 unspecified atom stereocenters. The average Bonchev–Trinajstić information content (AvgIpc) is 2.99. The van der Waals surface area contributed by atoms with Crippen molar-refractivity contribution < 1.29 is 14.7 Å². The summed E-state index contributed by atoms with van der Waals surface area (Å²) in [7, 11) is 0. The molecule has 2 saturated heterocycles. The van der Waals surface area contributed by atoms with E-state index in [0.717, 1.165) is 11.3 Å². The second-order valence-electron chi connectivity index (χ2n) is 7.18. The summed E-state index contributed by atoms with van der Waals surface area (Å²) in [5.41, 5.74) is 2.10. The number of carbonyl (C=O) groups is 2. The molecule has 0 spiro atoms. The van der Waals surface area contributed by atoms with Gasteiger partial charge in [0.05, 0.1) is 23.8 Å². The third-order valence-electron chi connectivity index (χ3n) is 5.58. The fourth-order valence-corrected chi connectivity index (χ4v) is 4.17. The van der Waals surface area contributed by atoms with Crippen molar-refractivity contribution in [3.63, 3.8) is 0 Å². The summed E-state index contributed by atoms with van der Waals surface area (Å²) in [6.45, 7) is 4.49. The van der Waals surface area contributed by atoms with Gasteiger partial charge in [-0.05, 0) is 36.8 Å². The van der Waals surface area contributed by atoms with Crippen molar-refractivity contribution in [2.75, 3.05) is 36.0 Å². The van der Waals surface area contributed by atoms with Gasteiger partial charge in [-0.1, -0.05) is 29.8 Å². The number of para-hydroxylation sites is 2. The molecule has 0 bridgehead atoms. The number of hydrogen-bond donors (Lipinski definition) is 1. The molecule has 0 radical (unpaired) electrons. The van der Waals surface area contributed by atoms with Gasteiger partial charge in [0.15, 0.2) is 0 Å². The number of piperazine rings is 1. The van der Waals surface area contributed by atoms with Crippen molar-refractivity contribution >= 4 is 34.8 Å². The van der Waals surface area contributed by atoms with Crippen LogP contribution in [0.2, 0.25) is 5.02 Å². The Hall–Kier alpha value is -2.57. The van der Waals surface area contributed by atoms with Crippen LogP contribution < -0.4 is 9.80 Å². The molecule has 146 valence electrons. The average molecular weight is 400 g/mol. The number of amides is 2. The Morgan fingerprint density at radius 3 is 2.36 bits per heavy atom. The molecule has 0 aliphatic carbocycles. The van der Waals surface area contributed by atoms with Crippen molar-refractivity contribution in [1.29, 1.82) is 0 Å². The van der Waals surface area contributed by atoms with Crippen LogP contribution in [0.1, 0.15) is 12.0 Å². The standard InChI is InChI=1S/C21H22ClN3O3/c1-14-15(22)5-4-7-16(14)25-20(27)13-18(21(25)28)24-11-9-23(10-12-24)17-6-2-3-8-19(17)26/h2-8,18,26H,9-13H2,1H3/t18-/m0/s1. The highest BCUT2D eigenvalue weighted by Crippen LogP contribution is 2.33. The Bertz CT molecular complexity index is 925. The van der Waals surface area contributed by atoms with Crippen LogP contribution in [0.3, 0.4) is 0 Å². The first-order valence-corrected chi connectivity index (χ1v) is 9.74. The highest BCUT2D eigenvalue weighted by atomic mass is 35.5. The highest BCUT2D eigenvalue weighted by molar-refractivity contribution is 6.32. The lowest BCUT2D eigenvalue weighted by Crippen LogP contribution is -2.52. The number of imide groups is 1. The van der Waals surface area contributed by atoms with E-state index in [1.807, 2.05) is 19.1 Å². The summed E-state index contributed by atoms with van der Waals surface area (Å²) in [5.74, 6) is -0.124. The normalized spacial score (nSPS) is 20.9. The number of nitrogens with zero attached hydrogens (tertiary/aromatic N) is 3. The van der Waals surface area contributed by atoms with Gasteiger partial charge in [0.25, 0.3) is 5.91 Å². The number of rotatable bonds is 3. The van der Waals surface area contributed by atoms with E-state index in [-0.39, 0.29) is 24.0 Å². The molecule has 28 heavy (non-hydrogen) atoms. The van der Waals surface area contributed by atoms with Gasteiger partial charge in [0.1, 0.15) is 5.75 Å². The van der Waals surface area contributed by atoms with Crippen molar-refractivity contribution in [1.82, 2.24) is 4.90 Å². The van der Waals surface area contributed by atoms with Gasteiger partial charge >= 0.3 is 0 Å². The molecule has 2 aromatic rings. The van der Waals surface area contributed by atoms with E-state index in [4.69, 9.17) is 11.6 Å². The van der Waals surface area contributed by atoms with Crippen molar-refractivity contribution in [2.45, 2.75) is 19.4 Å². The molecule has 2 aromatic carbocycles. The first kappa shape index (κ1) is 18.8. The molecule has 0 saturated carbocycles. The number of phenols is 1. The lowest BCUT2D eigenvalue weighted by molar-refractivity contribution is -0.123. The Morgan fingerprint density at radius 1 is 0.964 bits per heavy atom. The molecule has 2 aliphatic rings. The Balaban J connectivity index is 1.48. The zero-order valence-electron chi connectivity index (χ0n) is 15.6. The number of hydrogen-bond acceptors (Lipinski definition) is 5. The van der Waals surface area contributed by atoms with Crippen LogP contribution in [0.4, 0.5) is 11.4 Å². The fraction of sp³-hybridized carbons (Fsp3) is 0.333. The third-order valence-corrected chi connectivity index (χ3v) is 5.99. The highest BCUT2D eigenvalue weighted by Gasteiger charge is 2.43. The van der Waals surface area contributed by atoms with Gasteiger partial charge in [0, 0.05) is 31.2 Å². The number of phenolic OH excluding ortho intramolecular Hbond substituents is 1. The van der Waals surface area contributed by atoms with Gasteiger partial charge in [-0.2, -0.15) is 0 Å². The summed E-state index contributed by atoms with van der Waals surface area (Å²) in [6.07, 6.45) is 0.182. The summed E-state index contributed by atoms with van der Waals surface area (Å²) in [4.78, 5) is 31.1. The van der Waals surface area contributed by atoms with Crippen LogP contribution in [0.15, 0.2) is 42.5 Å². The Morgan fingerprint density at radius 2 is 1.64 bits per heavy atom. The molecule has 0 aromatic heterocycles. The SMILES string of the molecule is Cc1c(Cl)cccc1N1C(=O)C[C@H](N2CCN(c3ccccc3O)CC2)C1=O. The van der Waals surface area contributed by atoms with Crippen LogP contribution in [-0.4, -0.2) is 54.0 Å². The van der Waals surface area contributed by atoms with E-state index in [1.165, 1.54) is 4.90 Å². The zero-order chi connectivity index (χ0) is 19.8. The maximum Gasteiger partial charge on any atom is 0.251 e. The van der Waals surface area contributed by atoms with Crippen LogP contribution in [0, 0.1) is 6.92 Å². The minimum Gasteiger partial charge on any atom is -0.506 e. The van der Waals surface area contributed by atoms with E-state index in [1.54, 1.807) is 30.3 Å². The first-order valence-electron chi connectivity index (χ1n) is 9.36. The molecule has 4 rings (SSSR count). The van der Waals surface area contributed by atoms with Crippen LogP contribution in [0.5, 0.6) is 5.75 Å². The van der Waals surface area contributed by atoms with E-state index >= 15 is 0 Å². The van der Waals surface area contributed by atoms with E-state index in [0.29, 0.717) is 36.9 Å². The van der Waals surface area contributed by atoms with Gasteiger partial charge in [-0.3, -0.25) is 14.5 Å². The van der Waals surface area contributed by atoms with Crippen molar-refractivity contribution in [3.8, 4) is 5.75 Å². The lowest BCUT2D eigenvalue weighted by Gasteiger charge is -2.38. The number of benzene rings is 2. The predicted octanol–water partition coefficient (Wildman–Crippen LogP) is 2.81. The maximum absolute atomic E-state index is 13.1. The molecule has 6 nitrogen and oxygen atoms in total. The molecular weight excluding hydrogens is 378 g/mol. The maximum atomic E-state index is 13.1. The monoisotopic (exact) mass is 399 g/mol. The largest absolute Gasteiger partial charge is 0.506 e. The minimum atomic E-state index is -0.447. The van der Waals surface area contributed by atoms with Crippen LogP contribution >= 0.6 is 11.6 Å². The van der Waals surface area contributed by atoms with E-state index in [2.05, 4.69) is 9.80 Å². The number of carbonyl (C=O) groups excluding carboxylic acids is 2. The van der Waals surface area contributed by atoms with Crippen molar-refractivity contribution in [3.05, 3.63) is 53.1 Å². The fourth-order valence-electron chi connectivity index (χ4n) is 4.00. The molecule has 2 aliphatic heterocycles. The Kier molecular flexibility index (Phi) is 5.00. The summed E-state index contributed by atoms with van der Waals surface area (Å²) >= 11 is 6.17. The number of aromatic hydroxyl groups is 1. The smallest absolute Gasteiger partial charge is 0.251 e. The number of anilines is 2. The minimum absolute atomic E-state index is 0.182. The zero-order valence-corrected chi connectivity index (χ0v) is 16.4. The lowest BCUT2D eigenvalue weighted by atomic mass is 10.1. The second kappa shape index (κ2) is 7.45. The van der Waals surface area contributed by atoms with Gasteiger partial charge in [-0.15, -0.1) is 0 Å². The van der Waals surface area contributed by atoms with Gasteiger partial charge < -0.3 is 10.0 Å². The Labute approximate surface area is 168 Å². The van der Waals surface area contributed by atoms with Gasteiger partial charge in [-0.25, -0.2) is 4.90 Å². The third kappa shape index (κ3) is 3.23. The molecule has 7 heteroatoms. The predicted molar refractivity (Wildman–Crippen MR) is 109 cm³/mol. The van der Waals surface area contributed by atoms with Gasteiger partial charge in [0.2, 0.25) is 5.91 Å². The molecule has 1 atom stereocenters. The summed E-state index contributed by atoms with van der Waals surface area (Å²) in [6, 6.07) is 12.1. The second-order valence-corrected chi connectivity index (χ2v) is 7.59. The summed E-state index contributed by atoms with van der Waals surface area (Å²) in [5, 5.41) is 10.6. The van der Waals surface area contributed by atoms with Crippen LogP contribution in [-0.2, 0) is 9.59 Å². The van der Waals surface area contributed by atoms with E-state index < -0.39 is 6.04 Å². The van der Waals surface area contributed by atoms with E-state index in [9.17, 15) is 14.7 Å². The first-order chi connectivity index (χ1) is 13.5. The summed E-state index contributed by atoms with van der Waals surface area (Å²) < 4.78 is 0. The number of halogens is 1. The quantitative estimate of drug-likeness (QED) is 0.804.